The Bertz CT molecular complexity index is 661. The molecule has 0 radical (unpaired) electrons. The van der Waals surface area contributed by atoms with Crippen molar-refractivity contribution in [3.05, 3.63) is 57.4 Å². The van der Waals surface area contributed by atoms with Crippen molar-refractivity contribution in [3.63, 3.8) is 0 Å². The number of aromatic nitrogens is 2. The van der Waals surface area contributed by atoms with E-state index in [0.717, 1.165) is 32.3 Å². The normalized spacial score (nSPS) is 10.8. The summed E-state index contributed by atoms with van der Waals surface area (Å²) in [7, 11) is 0. The largest absolute Gasteiger partial charge is 0.239 e. The van der Waals surface area contributed by atoms with E-state index >= 15 is 0 Å². The molecule has 3 aromatic rings. The molecule has 19 heavy (non-hydrogen) atoms. The average molecular weight is 398 g/mol. The number of hydrogen-bond donors (Lipinski definition) is 0. The van der Waals surface area contributed by atoms with Gasteiger partial charge in [-0.05, 0) is 5.56 Å². The molecule has 1 aromatic carbocycles. The van der Waals surface area contributed by atoms with Crippen LogP contribution in [0.4, 0.5) is 0 Å². The van der Waals surface area contributed by atoms with Crippen molar-refractivity contribution in [2.24, 2.45) is 0 Å². The van der Waals surface area contributed by atoms with Crippen LogP contribution in [0.3, 0.4) is 0 Å². The van der Waals surface area contributed by atoms with E-state index in [1.807, 2.05) is 6.07 Å². The van der Waals surface area contributed by atoms with Gasteiger partial charge in [0.1, 0.15) is 10.7 Å². The van der Waals surface area contributed by atoms with Crippen LogP contribution in [-0.4, -0.2) is 9.97 Å². The highest BCUT2D eigenvalue weighted by molar-refractivity contribution is 14.1. The number of nitrogens with zero attached hydrogens (tertiary/aromatic N) is 2. The highest BCUT2D eigenvalue weighted by Crippen LogP contribution is 2.27. The molecule has 96 valence electrons. The smallest absolute Gasteiger partial charge is 0.143 e. The minimum atomic E-state index is 0.899. The summed E-state index contributed by atoms with van der Waals surface area (Å²) >= 11 is 5.72. The van der Waals surface area contributed by atoms with Gasteiger partial charge in [0, 0.05) is 21.6 Å². The first kappa shape index (κ1) is 13.2. The summed E-state index contributed by atoms with van der Waals surface area (Å²) < 4.78 is 0.954. The molecule has 0 saturated carbocycles. The van der Waals surface area contributed by atoms with Crippen LogP contribution in [0.1, 0.15) is 16.3 Å². The fourth-order valence-electron chi connectivity index (χ4n) is 1.75. The van der Waals surface area contributed by atoms with Gasteiger partial charge in [-0.1, -0.05) is 52.9 Å². The molecule has 0 fully saturated rings. The SMILES string of the molecule is ICc1csc(-c2csc(Cc3ccccc3)n2)n1. The molecule has 0 N–H and O–H groups in total. The summed E-state index contributed by atoms with van der Waals surface area (Å²) in [6, 6.07) is 10.4. The summed E-state index contributed by atoms with van der Waals surface area (Å²) in [6.07, 6.45) is 0.899. The summed E-state index contributed by atoms with van der Waals surface area (Å²) in [5.41, 5.74) is 3.45. The summed E-state index contributed by atoms with van der Waals surface area (Å²) in [5, 5.41) is 6.39. The van der Waals surface area contributed by atoms with Crippen molar-refractivity contribution in [1.82, 2.24) is 9.97 Å². The van der Waals surface area contributed by atoms with Crippen LogP contribution in [0, 0.1) is 0 Å². The Morgan fingerprint density at radius 3 is 2.58 bits per heavy atom. The topological polar surface area (TPSA) is 25.8 Å². The van der Waals surface area contributed by atoms with Crippen molar-refractivity contribution < 1.29 is 0 Å². The van der Waals surface area contributed by atoms with Crippen LogP contribution >= 0.6 is 45.3 Å². The lowest BCUT2D eigenvalue weighted by Gasteiger charge is -1.96. The monoisotopic (exact) mass is 398 g/mol. The standard InChI is InChI=1S/C14H11IN2S2/c15-7-11-8-19-14(16-11)12-9-18-13(17-12)6-10-4-2-1-3-5-10/h1-5,8-9H,6-7H2. The van der Waals surface area contributed by atoms with Gasteiger partial charge in [-0.25, -0.2) is 9.97 Å². The molecular weight excluding hydrogens is 387 g/mol. The molecule has 0 atom stereocenters. The van der Waals surface area contributed by atoms with Gasteiger partial charge in [0.25, 0.3) is 0 Å². The third kappa shape index (κ3) is 3.21. The summed E-state index contributed by atoms with van der Waals surface area (Å²) in [6.45, 7) is 0. The first-order valence-electron chi connectivity index (χ1n) is 5.84. The zero-order valence-corrected chi connectivity index (χ0v) is 13.8. The molecule has 0 aliphatic rings. The zero-order valence-electron chi connectivity index (χ0n) is 10.0. The fourth-order valence-corrected chi connectivity index (χ4v) is 4.10. The molecular formula is C14H11IN2S2. The van der Waals surface area contributed by atoms with Crippen LogP contribution in [0.2, 0.25) is 0 Å². The lowest BCUT2D eigenvalue weighted by molar-refractivity contribution is 1.13. The second-order valence-electron chi connectivity index (χ2n) is 4.07. The Kier molecular flexibility index (Phi) is 4.24. The van der Waals surface area contributed by atoms with Crippen LogP contribution in [0.15, 0.2) is 41.1 Å². The molecule has 2 heterocycles. The Hall–Kier alpha value is -0.790. The molecule has 3 rings (SSSR count). The van der Waals surface area contributed by atoms with E-state index in [9.17, 15) is 0 Å². The van der Waals surface area contributed by atoms with E-state index < -0.39 is 0 Å². The third-order valence-corrected chi connectivity index (χ3v) is 5.20. The second-order valence-corrected chi connectivity index (χ2v) is 6.63. The van der Waals surface area contributed by atoms with Crippen LogP contribution < -0.4 is 0 Å². The average Bonchev–Trinajstić information content (AvgIpc) is 3.08. The lowest BCUT2D eigenvalue weighted by atomic mass is 10.2. The number of rotatable bonds is 4. The van der Waals surface area contributed by atoms with E-state index in [4.69, 9.17) is 0 Å². The minimum Gasteiger partial charge on any atom is -0.239 e. The quantitative estimate of drug-likeness (QED) is 0.467. The lowest BCUT2D eigenvalue weighted by Crippen LogP contribution is -1.87. The van der Waals surface area contributed by atoms with Gasteiger partial charge in [-0.2, -0.15) is 0 Å². The van der Waals surface area contributed by atoms with Gasteiger partial charge < -0.3 is 0 Å². The molecule has 5 heteroatoms. The first-order valence-corrected chi connectivity index (χ1v) is 9.12. The van der Waals surface area contributed by atoms with E-state index in [1.165, 1.54) is 5.56 Å². The summed E-state index contributed by atoms with van der Waals surface area (Å²) in [5.74, 6) is 0. The zero-order chi connectivity index (χ0) is 13.1. The van der Waals surface area contributed by atoms with E-state index in [2.05, 4.69) is 67.6 Å². The Labute approximate surface area is 133 Å². The molecule has 0 aliphatic carbocycles. The molecule has 2 nitrogen and oxygen atoms in total. The predicted molar refractivity (Wildman–Crippen MR) is 90.2 cm³/mol. The Morgan fingerprint density at radius 2 is 1.84 bits per heavy atom. The predicted octanol–water partition coefficient (Wildman–Crippen LogP) is 4.79. The third-order valence-electron chi connectivity index (χ3n) is 2.66. The molecule has 2 aromatic heterocycles. The number of alkyl halides is 1. The van der Waals surface area contributed by atoms with Crippen molar-refractivity contribution in [3.8, 4) is 10.7 Å². The van der Waals surface area contributed by atoms with E-state index in [0.29, 0.717) is 0 Å². The highest BCUT2D eigenvalue weighted by Gasteiger charge is 2.09. The van der Waals surface area contributed by atoms with Gasteiger partial charge in [0.15, 0.2) is 0 Å². The first-order chi connectivity index (χ1) is 9.35. The Balaban J connectivity index is 1.79. The maximum atomic E-state index is 4.69. The van der Waals surface area contributed by atoms with Crippen molar-refractivity contribution in [1.29, 1.82) is 0 Å². The fraction of sp³-hybridized carbons (Fsp3) is 0.143. The molecule has 0 bridgehead atoms. The molecule has 0 aliphatic heterocycles. The molecule has 0 spiro atoms. The molecule has 0 saturated heterocycles. The van der Waals surface area contributed by atoms with Crippen LogP contribution in [0.25, 0.3) is 10.7 Å². The van der Waals surface area contributed by atoms with Gasteiger partial charge in [-0.3, -0.25) is 0 Å². The van der Waals surface area contributed by atoms with Gasteiger partial charge >= 0.3 is 0 Å². The van der Waals surface area contributed by atoms with Crippen LogP contribution in [0.5, 0.6) is 0 Å². The number of halogens is 1. The van der Waals surface area contributed by atoms with E-state index in [1.54, 1.807) is 22.7 Å². The number of thiazole rings is 2. The van der Waals surface area contributed by atoms with Crippen molar-refractivity contribution in [2.75, 3.05) is 0 Å². The van der Waals surface area contributed by atoms with Crippen molar-refractivity contribution >= 4 is 45.3 Å². The van der Waals surface area contributed by atoms with Gasteiger partial charge in [0.05, 0.1) is 10.7 Å². The summed E-state index contributed by atoms with van der Waals surface area (Å²) in [4.78, 5) is 9.26. The number of benzene rings is 1. The maximum Gasteiger partial charge on any atom is 0.143 e. The van der Waals surface area contributed by atoms with Gasteiger partial charge in [0.2, 0.25) is 0 Å². The highest BCUT2D eigenvalue weighted by atomic mass is 127. The number of hydrogen-bond acceptors (Lipinski definition) is 4. The molecule has 0 amide bonds. The second kappa shape index (κ2) is 6.11. The van der Waals surface area contributed by atoms with Crippen molar-refractivity contribution in [2.45, 2.75) is 10.8 Å². The van der Waals surface area contributed by atoms with Crippen LogP contribution in [-0.2, 0) is 10.8 Å². The Morgan fingerprint density at radius 1 is 1.00 bits per heavy atom. The van der Waals surface area contributed by atoms with Gasteiger partial charge in [-0.15, -0.1) is 22.7 Å². The minimum absolute atomic E-state index is 0.899. The maximum absolute atomic E-state index is 4.69. The van der Waals surface area contributed by atoms with E-state index in [-0.39, 0.29) is 0 Å². The molecule has 0 unspecified atom stereocenters.